The lowest BCUT2D eigenvalue weighted by Crippen LogP contribution is -2.53. The van der Waals surface area contributed by atoms with Crippen LogP contribution in [0.1, 0.15) is 38.7 Å². The highest BCUT2D eigenvalue weighted by Crippen LogP contribution is 2.40. The molecule has 2 aliphatic rings. The van der Waals surface area contributed by atoms with Crippen molar-refractivity contribution in [3.8, 4) is 5.75 Å². The van der Waals surface area contributed by atoms with E-state index < -0.39 is 0 Å². The Morgan fingerprint density at radius 1 is 1.36 bits per heavy atom. The number of nitrogens with zero attached hydrogens (tertiary/aromatic N) is 1. The lowest BCUT2D eigenvalue weighted by molar-refractivity contribution is -0.126. The van der Waals surface area contributed by atoms with E-state index >= 15 is 0 Å². The van der Waals surface area contributed by atoms with E-state index in [1.807, 2.05) is 19.9 Å². The van der Waals surface area contributed by atoms with Crippen molar-refractivity contribution in [3.63, 3.8) is 0 Å². The standard InChI is InChI=1S/C18H26N2O2/c1-12(2)19-18(21)15-10-13-7-8-14(22-3)11-17(13)20-9-5-4-6-16(15)20/h7-8,11-12,15-16H,4-6,9-10H2,1-3H3,(H,19,21)/t15-,16+/m1/s1. The number of fused-ring (bicyclic) bond motifs is 3. The van der Waals surface area contributed by atoms with Crippen LogP contribution in [0.4, 0.5) is 5.69 Å². The van der Waals surface area contributed by atoms with Gasteiger partial charge in [0.05, 0.1) is 13.0 Å². The van der Waals surface area contributed by atoms with Crippen molar-refractivity contribution in [1.82, 2.24) is 5.32 Å². The molecule has 22 heavy (non-hydrogen) atoms. The third kappa shape index (κ3) is 2.79. The van der Waals surface area contributed by atoms with Gasteiger partial charge < -0.3 is 15.0 Å². The van der Waals surface area contributed by atoms with E-state index in [2.05, 4.69) is 22.3 Å². The molecule has 1 amide bonds. The maximum Gasteiger partial charge on any atom is 0.225 e. The topological polar surface area (TPSA) is 41.6 Å². The third-order valence-corrected chi connectivity index (χ3v) is 4.82. The fourth-order valence-electron chi connectivity index (χ4n) is 3.82. The van der Waals surface area contributed by atoms with Crippen LogP contribution in [0.25, 0.3) is 0 Å². The van der Waals surface area contributed by atoms with Crippen LogP contribution in [-0.2, 0) is 11.2 Å². The minimum absolute atomic E-state index is 0.0589. The molecule has 0 aliphatic carbocycles. The third-order valence-electron chi connectivity index (χ3n) is 4.82. The molecule has 2 aliphatic heterocycles. The van der Waals surface area contributed by atoms with Crippen LogP contribution in [0.2, 0.25) is 0 Å². The molecule has 0 saturated carbocycles. The number of rotatable bonds is 3. The van der Waals surface area contributed by atoms with Gasteiger partial charge in [0.1, 0.15) is 5.75 Å². The number of hydrogen-bond acceptors (Lipinski definition) is 3. The normalized spacial score (nSPS) is 23.7. The number of anilines is 1. The molecule has 2 heterocycles. The van der Waals surface area contributed by atoms with Crippen LogP contribution in [0.3, 0.4) is 0 Å². The molecule has 1 N–H and O–H groups in total. The molecule has 120 valence electrons. The van der Waals surface area contributed by atoms with Gasteiger partial charge in [-0.2, -0.15) is 0 Å². The molecular weight excluding hydrogens is 276 g/mol. The summed E-state index contributed by atoms with van der Waals surface area (Å²) in [5.41, 5.74) is 2.53. The SMILES string of the molecule is COc1ccc2c(c1)N1CCCC[C@H]1[C@H](C(=O)NC(C)C)C2. The Morgan fingerprint density at radius 3 is 2.91 bits per heavy atom. The fourth-order valence-corrected chi connectivity index (χ4v) is 3.82. The summed E-state index contributed by atoms with van der Waals surface area (Å²) in [6.07, 6.45) is 4.35. The molecule has 3 rings (SSSR count). The average Bonchev–Trinajstić information content (AvgIpc) is 2.53. The summed E-state index contributed by atoms with van der Waals surface area (Å²) in [6, 6.07) is 6.77. The first-order chi connectivity index (χ1) is 10.6. The number of nitrogens with one attached hydrogen (secondary N) is 1. The van der Waals surface area contributed by atoms with Crippen molar-refractivity contribution in [2.45, 2.75) is 51.6 Å². The molecule has 1 aromatic rings. The first-order valence-corrected chi connectivity index (χ1v) is 8.34. The molecule has 4 nitrogen and oxygen atoms in total. The Labute approximate surface area is 132 Å². The van der Waals surface area contributed by atoms with E-state index in [-0.39, 0.29) is 17.9 Å². The summed E-state index contributed by atoms with van der Waals surface area (Å²) >= 11 is 0. The maximum absolute atomic E-state index is 12.6. The van der Waals surface area contributed by atoms with E-state index in [4.69, 9.17) is 4.74 Å². The quantitative estimate of drug-likeness (QED) is 0.933. The zero-order valence-corrected chi connectivity index (χ0v) is 13.8. The van der Waals surface area contributed by atoms with Crippen LogP contribution >= 0.6 is 0 Å². The second-order valence-electron chi connectivity index (χ2n) is 6.73. The molecule has 0 unspecified atom stereocenters. The molecule has 0 aromatic heterocycles. The summed E-state index contributed by atoms with van der Waals surface area (Å²) < 4.78 is 5.38. The van der Waals surface area contributed by atoms with Gasteiger partial charge in [-0.1, -0.05) is 6.07 Å². The predicted molar refractivity (Wildman–Crippen MR) is 88.5 cm³/mol. The number of amides is 1. The van der Waals surface area contributed by atoms with Crippen LogP contribution in [0.5, 0.6) is 5.75 Å². The van der Waals surface area contributed by atoms with Gasteiger partial charge in [-0.3, -0.25) is 4.79 Å². The van der Waals surface area contributed by atoms with Crippen molar-refractivity contribution in [1.29, 1.82) is 0 Å². The molecule has 1 fully saturated rings. The van der Waals surface area contributed by atoms with Gasteiger partial charge in [0.25, 0.3) is 0 Å². The predicted octanol–water partition coefficient (Wildman–Crippen LogP) is 2.75. The number of methoxy groups -OCH3 is 1. The minimum atomic E-state index is 0.0589. The molecular formula is C18H26N2O2. The van der Waals surface area contributed by atoms with Crippen LogP contribution < -0.4 is 15.0 Å². The van der Waals surface area contributed by atoms with E-state index in [1.54, 1.807) is 7.11 Å². The monoisotopic (exact) mass is 302 g/mol. The Balaban J connectivity index is 1.93. The van der Waals surface area contributed by atoms with Crippen LogP contribution in [0, 0.1) is 5.92 Å². The van der Waals surface area contributed by atoms with E-state index in [0.29, 0.717) is 6.04 Å². The van der Waals surface area contributed by atoms with Gasteiger partial charge in [0.15, 0.2) is 0 Å². The summed E-state index contributed by atoms with van der Waals surface area (Å²) in [5.74, 6) is 1.16. The number of benzene rings is 1. The Bertz CT molecular complexity index is 556. The van der Waals surface area contributed by atoms with E-state index in [1.165, 1.54) is 24.1 Å². The molecule has 0 spiro atoms. The van der Waals surface area contributed by atoms with Crippen molar-refractivity contribution < 1.29 is 9.53 Å². The smallest absolute Gasteiger partial charge is 0.225 e. The zero-order valence-electron chi connectivity index (χ0n) is 13.8. The molecule has 4 heteroatoms. The van der Waals surface area contributed by atoms with Gasteiger partial charge in [-0.15, -0.1) is 0 Å². The Hall–Kier alpha value is -1.71. The largest absolute Gasteiger partial charge is 0.497 e. The van der Waals surface area contributed by atoms with Gasteiger partial charge >= 0.3 is 0 Å². The zero-order chi connectivity index (χ0) is 15.7. The number of carbonyl (C=O) groups excluding carboxylic acids is 1. The minimum Gasteiger partial charge on any atom is -0.497 e. The maximum atomic E-state index is 12.6. The second kappa shape index (κ2) is 6.19. The van der Waals surface area contributed by atoms with Crippen molar-refractivity contribution >= 4 is 11.6 Å². The highest BCUT2D eigenvalue weighted by molar-refractivity contribution is 5.82. The summed E-state index contributed by atoms with van der Waals surface area (Å²) in [4.78, 5) is 15.1. The number of piperidine rings is 1. The summed E-state index contributed by atoms with van der Waals surface area (Å²) in [5, 5.41) is 3.11. The fraction of sp³-hybridized carbons (Fsp3) is 0.611. The highest BCUT2D eigenvalue weighted by atomic mass is 16.5. The van der Waals surface area contributed by atoms with E-state index in [0.717, 1.165) is 25.1 Å². The Kier molecular flexibility index (Phi) is 4.27. The van der Waals surface area contributed by atoms with Crippen LogP contribution in [0.15, 0.2) is 18.2 Å². The van der Waals surface area contributed by atoms with Gasteiger partial charge in [-0.25, -0.2) is 0 Å². The molecule has 1 aromatic carbocycles. The van der Waals surface area contributed by atoms with Crippen LogP contribution in [-0.4, -0.2) is 31.6 Å². The molecule has 2 atom stereocenters. The average molecular weight is 302 g/mol. The second-order valence-corrected chi connectivity index (χ2v) is 6.73. The first-order valence-electron chi connectivity index (χ1n) is 8.34. The molecule has 0 radical (unpaired) electrons. The number of carbonyl (C=O) groups is 1. The highest BCUT2D eigenvalue weighted by Gasteiger charge is 2.39. The van der Waals surface area contributed by atoms with Gasteiger partial charge in [-0.05, 0) is 51.2 Å². The van der Waals surface area contributed by atoms with E-state index in [9.17, 15) is 4.79 Å². The molecule has 0 bridgehead atoms. The van der Waals surface area contributed by atoms with Crippen molar-refractivity contribution in [3.05, 3.63) is 23.8 Å². The lowest BCUT2D eigenvalue weighted by atomic mass is 9.80. The van der Waals surface area contributed by atoms with Gasteiger partial charge in [0.2, 0.25) is 5.91 Å². The molecule has 1 saturated heterocycles. The Morgan fingerprint density at radius 2 is 2.18 bits per heavy atom. The first kappa shape index (κ1) is 15.2. The number of hydrogen-bond donors (Lipinski definition) is 1. The summed E-state index contributed by atoms with van der Waals surface area (Å²) in [7, 11) is 1.71. The van der Waals surface area contributed by atoms with Gasteiger partial charge in [0, 0.05) is 30.4 Å². The van der Waals surface area contributed by atoms with Crippen molar-refractivity contribution in [2.75, 3.05) is 18.6 Å². The number of ether oxygens (including phenoxy) is 1. The summed E-state index contributed by atoms with van der Waals surface area (Å²) in [6.45, 7) is 5.09. The lowest BCUT2D eigenvalue weighted by Gasteiger charge is -2.46. The van der Waals surface area contributed by atoms with Crippen molar-refractivity contribution in [2.24, 2.45) is 5.92 Å².